The average Bonchev–Trinajstić information content (AvgIpc) is 2.60. The van der Waals surface area contributed by atoms with Gasteiger partial charge in [0.2, 0.25) is 5.91 Å². The minimum Gasteiger partial charge on any atom is -0.347 e. The summed E-state index contributed by atoms with van der Waals surface area (Å²) in [7, 11) is 0. The van der Waals surface area contributed by atoms with Crippen molar-refractivity contribution in [2.45, 2.75) is 31.7 Å². The zero-order valence-electron chi connectivity index (χ0n) is 8.62. The van der Waals surface area contributed by atoms with E-state index in [4.69, 9.17) is 0 Å². The van der Waals surface area contributed by atoms with Crippen molar-refractivity contribution < 1.29 is 4.79 Å². The smallest absolute Gasteiger partial charge is 0.243 e. The van der Waals surface area contributed by atoms with Crippen molar-refractivity contribution in [3.8, 4) is 0 Å². The Morgan fingerprint density at radius 1 is 1.73 bits per heavy atom. The molecule has 4 heteroatoms. The number of nitrogens with zero attached hydrogens (tertiary/aromatic N) is 1. The number of amides is 1. The van der Waals surface area contributed by atoms with Crippen LogP contribution < -0.4 is 5.32 Å². The van der Waals surface area contributed by atoms with Gasteiger partial charge in [-0.1, -0.05) is 13.0 Å². The summed E-state index contributed by atoms with van der Waals surface area (Å²) in [6.07, 6.45) is 5.05. The molecule has 0 bridgehead atoms. The van der Waals surface area contributed by atoms with E-state index in [1.54, 1.807) is 0 Å². The first-order valence-corrected chi connectivity index (χ1v) is 5.24. The van der Waals surface area contributed by atoms with Crippen LogP contribution in [0.3, 0.4) is 0 Å². The van der Waals surface area contributed by atoms with Crippen LogP contribution >= 0.6 is 0 Å². The van der Waals surface area contributed by atoms with E-state index in [-0.39, 0.29) is 5.91 Å². The number of carbonyl (C=O) groups is 1. The fourth-order valence-corrected chi connectivity index (χ4v) is 1.64. The third-order valence-electron chi connectivity index (χ3n) is 2.81. The van der Waals surface area contributed by atoms with Crippen molar-refractivity contribution in [2.24, 2.45) is 0 Å². The van der Waals surface area contributed by atoms with Gasteiger partial charge in [-0.15, -0.1) is 0 Å². The number of hydrogen-bond donors (Lipinski definition) is 2. The molecular formula is C11H15N3O. The van der Waals surface area contributed by atoms with Gasteiger partial charge in [-0.3, -0.25) is 9.89 Å². The lowest BCUT2D eigenvalue weighted by Crippen LogP contribution is -2.20. The molecule has 80 valence electrons. The van der Waals surface area contributed by atoms with Crippen LogP contribution in [0.25, 0.3) is 0 Å². The summed E-state index contributed by atoms with van der Waals surface area (Å²) in [5.41, 5.74) is 2.08. The molecule has 0 unspecified atom stereocenters. The van der Waals surface area contributed by atoms with Gasteiger partial charge >= 0.3 is 0 Å². The lowest BCUT2D eigenvalue weighted by atomic mass is 9.83. The van der Waals surface area contributed by atoms with Gasteiger partial charge in [-0.2, -0.15) is 5.10 Å². The summed E-state index contributed by atoms with van der Waals surface area (Å²) in [6.45, 7) is 3.88. The zero-order valence-corrected chi connectivity index (χ0v) is 8.62. The topological polar surface area (TPSA) is 57.8 Å². The van der Waals surface area contributed by atoms with Crippen LogP contribution in [-0.4, -0.2) is 16.1 Å². The third kappa shape index (κ3) is 2.26. The van der Waals surface area contributed by atoms with Gasteiger partial charge in [0.05, 0.1) is 17.9 Å². The second-order valence-corrected chi connectivity index (χ2v) is 3.87. The molecule has 1 aliphatic carbocycles. The van der Waals surface area contributed by atoms with Crippen LogP contribution in [0.1, 0.15) is 36.6 Å². The number of aromatic amines is 1. The second-order valence-electron chi connectivity index (χ2n) is 3.87. The van der Waals surface area contributed by atoms with Crippen LogP contribution in [-0.2, 0) is 11.3 Å². The highest BCUT2D eigenvalue weighted by Crippen LogP contribution is 2.35. The Balaban J connectivity index is 1.89. The van der Waals surface area contributed by atoms with Crippen molar-refractivity contribution in [1.82, 2.24) is 15.5 Å². The van der Waals surface area contributed by atoms with Gasteiger partial charge in [-0.25, -0.2) is 0 Å². The number of rotatable bonds is 4. The van der Waals surface area contributed by atoms with Gasteiger partial charge in [-0.05, 0) is 25.0 Å². The summed E-state index contributed by atoms with van der Waals surface area (Å²) in [5.74, 6) is 0.472. The molecule has 1 aliphatic rings. The van der Waals surface area contributed by atoms with Gasteiger partial charge in [0.1, 0.15) is 0 Å². The highest BCUT2D eigenvalue weighted by molar-refractivity contribution is 5.86. The summed E-state index contributed by atoms with van der Waals surface area (Å²) in [4.78, 5) is 10.9. The molecule has 2 N–H and O–H groups in total. The Bertz CT molecular complexity index is 366. The molecule has 4 nitrogen and oxygen atoms in total. The highest BCUT2D eigenvalue weighted by atomic mass is 16.1. The summed E-state index contributed by atoms with van der Waals surface area (Å²) in [5, 5.41) is 9.88. The van der Waals surface area contributed by atoms with Crippen LogP contribution in [0.5, 0.6) is 0 Å². The first kappa shape index (κ1) is 9.96. The number of hydrogen-bond acceptors (Lipinski definition) is 2. The molecule has 0 aromatic carbocycles. The summed E-state index contributed by atoms with van der Waals surface area (Å²) in [6, 6.07) is 2.03. The quantitative estimate of drug-likeness (QED) is 0.731. The first-order chi connectivity index (χ1) is 7.29. The molecule has 0 spiro atoms. The van der Waals surface area contributed by atoms with Crippen LogP contribution in [0.15, 0.2) is 18.7 Å². The predicted molar refractivity (Wildman–Crippen MR) is 57.2 cm³/mol. The van der Waals surface area contributed by atoms with Gasteiger partial charge in [0, 0.05) is 5.92 Å². The van der Waals surface area contributed by atoms with Gasteiger partial charge < -0.3 is 5.32 Å². The van der Waals surface area contributed by atoms with E-state index in [9.17, 15) is 4.79 Å². The van der Waals surface area contributed by atoms with Crippen LogP contribution in [0, 0.1) is 0 Å². The van der Waals surface area contributed by atoms with E-state index >= 15 is 0 Å². The molecule has 0 saturated heterocycles. The Labute approximate surface area is 88.8 Å². The second kappa shape index (κ2) is 4.29. The van der Waals surface area contributed by atoms with E-state index in [1.165, 1.54) is 25.3 Å². The molecule has 1 heterocycles. The predicted octanol–water partition coefficient (Wildman–Crippen LogP) is 1.48. The molecular weight excluding hydrogens is 190 g/mol. The fraction of sp³-hybridized carbons (Fsp3) is 0.455. The average molecular weight is 205 g/mol. The molecule has 1 aromatic rings. The monoisotopic (exact) mass is 205 g/mol. The molecule has 1 fully saturated rings. The Kier molecular flexibility index (Phi) is 2.85. The maximum absolute atomic E-state index is 10.9. The lowest BCUT2D eigenvalue weighted by molar-refractivity contribution is -0.116. The van der Waals surface area contributed by atoms with Crippen molar-refractivity contribution in [2.75, 3.05) is 0 Å². The molecule has 15 heavy (non-hydrogen) atoms. The molecule has 0 radical (unpaired) electrons. The van der Waals surface area contributed by atoms with E-state index < -0.39 is 0 Å². The van der Waals surface area contributed by atoms with Crippen molar-refractivity contribution in [3.63, 3.8) is 0 Å². The van der Waals surface area contributed by atoms with Crippen molar-refractivity contribution in [3.05, 3.63) is 30.1 Å². The first-order valence-electron chi connectivity index (χ1n) is 5.24. The standard InChI is InChI=1S/C11H15N3O/c1-2-11(15)12-7-9-6-10(14-13-9)8-4-3-5-8/h2,6,8H,1,3-5,7H2,(H,12,15)(H,13,14). The van der Waals surface area contributed by atoms with E-state index in [0.717, 1.165) is 11.4 Å². The number of H-pyrrole nitrogens is 1. The molecule has 1 saturated carbocycles. The zero-order chi connectivity index (χ0) is 10.7. The van der Waals surface area contributed by atoms with Gasteiger partial charge in [0.25, 0.3) is 0 Å². The third-order valence-corrected chi connectivity index (χ3v) is 2.81. The summed E-state index contributed by atoms with van der Waals surface area (Å²) >= 11 is 0. The molecule has 1 aromatic heterocycles. The minimum atomic E-state index is -0.158. The fourth-order valence-electron chi connectivity index (χ4n) is 1.64. The van der Waals surface area contributed by atoms with Crippen molar-refractivity contribution in [1.29, 1.82) is 0 Å². The Hall–Kier alpha value is -1.58. The van der Waals surface area contributed by atoms with Crippen LogP contribution in [0.4, 0.5) is 0 Å². The molecule has 0 atom stereocenters. The Morgan fingerprint density at radius 2 is 2.53 bits per heavy atom. The van der Waals surface area contributed by atoms with E-state index in [0.29, 0.717) is 12.5 Å². The number of nitrogens with one attached hydrogen (secondary N) is 2. The maximum Gasteiger partial charge on any atom is 0.243 e. The van der Waals surface area contributed by atoms with E-state index in [1.807, 2.05) is 6.07 Å². The molecule has 2 rings (SSSR count). The van der Waals surface area contributed by atoms with E-state index in [2.05, 4.69) is 22.1 Å². The number of aromatic nitrogens is 2. The molecule has 0 aliphatic heterocycles. The number of carbonyl (C=O) groups excluding carboxylic acids is 1. The lowest BCUT2D eigenvalue weighted by Gasteiger charge is -2.22. The largest absolute Gasteiger partial charge is 0.347 e. The summed E-state index contributed by atoms with van der Waals surface area (Å²) < 4.78 is 0. The maximum atomic E-state index is 10.9. The highest BCUT2D eigenvalue weighted by Gasteiger charge is 2.21. The van der Waals surface area contributed by atoms with Crippen molar-refractivity contribution >= 4 is 5.91 Å². The van der Waals surface area contributed by atoms with Gasteiger partial charge in [0.15, 0.2) is 0 Å². The SMILES string of the molecule is C=CC(=O)NCc1cc(C2CCC2)n[nH]1. The molecule has 1 amide bonds. The van der Waals surface area contributed by atoms with Crippen LogP contribution in [0.2, 0.25) is 0 Å². The normalized spacial score (nSPS) is 15.7. The Morgan fingerprint density at radius 3 is 3.13 bits per heavy atom. The minimum absolute atomic E-state index is 0.158.